The topological polar surface area (TPSA) is 12.5 Å². The average Bonchev–Trinajstić information content (AvgIpc) is 2.44. The van der Waals surface area contributed by atoms with Crippen molar-refractivity contribution in [1.29, 1.82) is 0 Å². The number of hydrogen-bond acceptors (Lipinski definition) is 2. The van der Waals surface area contributed by atoms with Gasteiger partial charge in [0.15, 0.2) is 0 Å². The van der Waals surface area contributed by atoms with Gasteiger partial charge in [-0.1, -0.05) is 12.2 Å². The number of fused-ring (bicyclic) bond motifs is 1. The summed E-state index contributed by atoms with van der Waals surface area (Å²) in [6.45, 7) is 7.31. The zero-order chi connectivity index (χ0) is 8.55. The minimum Gasteiger partial charge on any atom is -0.384 e. The lowest BCUT2D eigenvalue weighted by atomic mass is 10.0. The Kier molecular flexibility index (Phi) is 2.20. The second-order valence-electron chi connectivity index (χ2n) is 4.09. The fourth-order valence-electron chi connectivity index (χ4n) is 2.54. The van der Waals surface area contributed by atoms with E-state index in [1.54, 1.807) is 7.11 Å². The maximum Gasteiger partial charge on any atom is 0.0503 e. The van der Waals surface area contributed by atoms with Gasteiger partial charge in [-0.15, -0.1) is 0 Å². The smallest absolute Gasteiger partial charge is 0.0503 e. The van der Waals surface area contributed by atoms with Crippen LogP contribution in [-0.4, -0.2) is 37.7 Å². The number of hydrogen-bond donors (Lipinski definition) is 0. The molecule has 2 aliphatic rings. The quantitative estimate of drug-likeness (QED) is 0.574. The lowest BCUT2D eigenvalue weighted by Gasteiger charge is -2.12. The highest BCUT2D eigenvalue weighted by Gasteiger charge is 2.36. The highest BCUT2D eigenvalue weighted by molar-refractivity contribution is 5.10. The molecule has 2 nitrogen and oxygen atoms in total. The van der Waals surface area contributed by atoms with Crippen LogP contribution in [0.25, 0.3) is 0 Å². The third-order valence-electron chi connectivity index (χ3n) is 2.97. The van der Waals surface area contributed by atoms with Crippen molar-refractivity contribution in [2.24, 2.45) is 5.92 Å². The van der Waals surface area contributed by atoms with Crippen LogP contribution in [0.1, 0.15) is 12.8 Å². The molecule has 0 radical (unpaired) electrons. The zero-order valence-electron chi connectivity index (χ0n) is 7.75. The van der Waals surface area contributed by atoms with E-state index in [2.05, 4.69) is 11.5 Å². The predicted octanol–water partition coefficient (Wildman–Crippen LogP) is 1.28. The zero-order valence-corrected chi connectivity index (χ0v) is 7.75. The van der Waals surface area contributed by atoms with Crippen LogP contribution < -0.4 is 0 Å². The van der Waals surface area contributed by atoms with Crippen LogP contribution in [0.2, 0.25) is 0 Å². The van der Waals surface area contributed by atoms with E-state index in [9.17, 15) is 0 Å². The highest BCUT2D eigenvalue weighted by Crippen LogP contribution is 2.33. The van der Waals surface area contributed by atoms with Gasteiger partial charge in [0.05, 0.1) is 6.61 Å². The summed E-state index contributed by atoms with van der Waals surface area (Å²) >= 11 is 0. The van der Waals surface area contributed by atoms with Crippen LogP contribution in [-0.2, 0) is 4.74 Å². The van der Waals surface area contributed by atoms with Crippen molar-refractivity contribution >= 4 is 0 Å². The van der Waals surface area contributed by atoms with Crippen molar-refractivity contribution in [3.05, 3.63) is 12.2 Å². The predicted molar refractivity (Wildman–Crippen MR) is 49.1 cm³/mol. The molecule has 0 amide bonds. The van der Waals surface area contributed by atoms with Crippen LogP contribution in [0.5, 0.6) is 0 Å². The van der Waals surface area contributed by atoms with E-state index in [4.69, 9.17) is 4.74 Å². The van der Waals surface area contributed by atoms with Gasteiger partial charge in [0.25, 0.3) is 0 Å². The second-order valence-corrected chi connectivity index (χ2v) is 4.09. The molecule has 0 aromatic carbocycles. The molecule has 2 saturated heterocycles. The fourth-order valence-corrected chi connectivity index (χ4v) is 2.54. The van der Waals surface area contributed by atoms with Gasteiger partial charge in [0.1, 0.15) is 0 Å². The van der Waals surface area contributed by atoms with Crippen molar-refractivity contribution in [2.75, 3.05) is 26.8 Å². The summed E-state index contributed by atoms with van der Waals surface area (Å²) in [7, 11) is 1.79. The van der Waals surface area contributed by atoms with E-state index in [1.807, 2.05) is 0 Å². The number of methoxy groups -OCH3 is 1. The molecule has 2 rings (SSSR count). The molecule has 0 unspecified atom stereocenters. The third-order valence-corrected chi connectivity index (χ3v) is 2.97. The lowest BCUT2D eigenvalue weighted by Crippen LogP contribution is -2.23. The van der Waals surface area contributed by atoms with Crippen LogP contribution in [0.4, 0.5) is 0 Å². The lowest BCUT2D eigenvalue weighted by molar-refractivity contribution is 0.154. The fraction of sp³-hybridized carbons (Fsp3) is 0.800. The minimum absolute atomic E-state index is 0.771. The SMILES string of the molecule is C=C1C[C@@H]2C[C@H](COC)CN2C1. The molecule has 0 aromatic rings. The maximum atomic E-state index is 5.17. The first-order valence-electron chi connectivity index (χ1n) is 4.69. The number of rotatable bonds is 2. The molecule has 2 atom stereocenters. The van der Waals surface area contributed by atoms with Gasteiger partial charge in [-0.3, -0.25) is 4.90 Å². The summed E-state index contributed by atoms with van der Waals surface area (Å²) in [5.74, 6) is 0.771. The van der Waals surface area contributed by atoms with Gasteiger partial charge in [0, 0.05) is 26.2 Å². The monoisotopic (exact) mass is 167 g/mol. The average molecular weight is 167 g/mol. The first kappa shape index (κ1) is 8.27. The van der Waals surface area contributed by atoms with E-state index in [-0.39, 0.29) is 0 Å². The molecule has 2 aliphatic heterocycles. The van der Waals surface area contributed by atoms with Crippen LogP contribution in [0, 0.1) is 5.92 Å². The van der Waals surface area contributed by atoms with Crippen LogP contribution >= 0.6 is 0 Å². The van der Waals surface area contributed by atoms with Crippen molar-refractivity contribution in [3.8, 4) is 0 Å². The molecule has 68 valence electrons. The first-order valence-corrected chi connectivity index (χ1v) is 4.69. The molecule has 0 aromatic heterocycles. The standard InChI is InChI=1S/C10H17NO/c1-8-3-10-4-9(7-12-2)6-11(10)5-8/h9-10H,1,3-7H2,2H3/t9-,10+/m0/s1. The van der Waals surface area contributed by atoms with E-state index in [0.717, 1.165) is 25.1 Å². The summed E-state index contributed by atoms with van der Waals surface area (Å²) in [4.78, 5) is 2.55. The van der Waals surface area contributed by atoms with E-state index < -0.39 is 0 Å². The molecule has 0 bridgehead atoms. The Bertz CT molecular complexity index is 174. The molecule has 2 fully saturated rings. The van der Waals surface area contributed by atoms with E-state index >= 15 is 0 Å². The third kappa shape index (κ3) is 1.41. The Labute approximate surface area is 74.2 Å². The van der Waals surface area contributed by atoms with Gasteiger partial charge in [0.2, 0.25) is 0 Å². The summed E-state index contributed by atoms with van der Waals surface area (Å²) < 4.78 is 5.17. The van der Waals surface area contributed by atoms with E-state index in [0.29, 0.717) is 0 Å². The normalized spacial score (nSPS) is 35.9. The van der Waals surface area contributed by atoms with Gasteiger partial charge < -0.3 is 4.74 Å². The summed E-state index contributed by atoms with van der Waals surface area (Å²) in [5.41, 5.74) is 1.41. The largest absolute Gasteiger partial charge is 0.384 e. The summed E-state index contributed by atoms with van der Waals surface area (Å²) in [6, 6.07) is 0.789. The van der Waals surface area contributed by atoms with Crippen molar-refractivity contribution in [3.63, 3.8) is 0 Å². The molecule has 0 saturated carbocycles. The molecule has 0 spiro atoms. The Balaban J connectivity index is 1.89. The first-order chi connectivity index (χ1) is 5.79. The summed E-state index contributed by atoms with van der Waals surface area (Å²) in [5, 5.41) is 0. The van der Waals surface area contributed by atoms with Gasteiger partial charge in [-0.05, 0) is 18.8 Å². The van der Waals surface area contributed by atoms with Gasteiger partial charge in [-0.2, -0.15) is 0 Å². The van der Waals surface area contributed by atoms with Crippen molar-refractivity contribution < 1.29 is 4.74 Å². The van der Waals surface area contributed by atoms with Gasteiger partial charge in [-0.25, -0.2) is 0 Å². The Morgan fingerprint density at radius 1 is 1.67 bits per heavy atom. The van der Waals surface area contributed by atoms with Crippen LogP contribution in [0.3, 0.4) is 0 Å². The summed E-state index contributed by atoms with van der Waals surface area (Å²) in [6.07, 6.45) is 2.53. The van der Waals surface area contributed by atoms with Crippen molar-refractivity contribution in [2.45, 2.75) is 18.9 Å². The maximum absolute atomic E-state index is 5.17. The van der Waals surface area contributed by atoms with Gasteiger partial charge >= 0.3 is 0 Å². The second kappa shape index (κ2) is 3.19. The van der Waals surface area contributed by atoms with Crippen molar-refractivity contribution in [1.82, 2.24) is 4.90 Å². The molecule has 0 aliphatic carbocycles. The molecule has 2 heterocycles. The molecular formula is C10H17NO. The molecule has 0 N–H and O–H groups in total. The number of nitrogens with zero attached hydrogens (tertiary/aromatic N) is 1. The van der Waals surface area contributed by atoms with E-state index in [1.165, 1.54) is 25.0 Å². The molecular weight excluding hydrogens is 150 g/mol. The number of ether oxygens (including phenoxy) is 1. The Morgan fingerprint density at radius 3 is 3.17 bits per heavy atom. The Morgan fingerprint density at radius 2 is 2.50 bits per heavy atom. The molecule has 2 heteroatoms. The molecule has 12 heavy (non-hydrogen) atoms. The Hall–Kier alpha value is -0.340. The minimum atomic E-state index is 0.771. The highest BCUT2D eigenvalue weighted by atomic mass is 16.5. The van der Waals surface area contributed by atoms with Crippen LogP contribution in [0.15, 0.2) is 12.2 Å².